The van der Waals surface area contributed by atoms with Crippen molar-refractivity contribution in [3.05, 3.63) is 23.8 Å². The van der Waals surface area contributed by atoms with Crippen molar-refractivity contribution < 1.29 is 19.5 Å². The van der Waals surface area contributed by atoms with Crippen LogP contribution in [-0.2, 0) is 4.79 Å². The van der Waals surface area contributed by atoms with Crippen molar-refractivity contribution in [2.45, 2.75) is 26.3 Å². The van der Waals surface area contributed by atoms with Crippen LogP contribution in [0, 0.1) is 5.92 Å². The summed E-state index contributed by atoms with van der Waals surface area (Å²) in [6, 6.07) is 4.00. The first-order valence-electron chi connectivity index (χ1n) is 6.59. The number of carboxylic acid groups (broad SMARTS) is 1. The molecule has 1 aromatic carbocycles. The molecule has 0 aliphatic heterocycles. The SMILES string of the molecule is CC(=O)Nc1ccc(NC(=O)NC2CC2C)c(C(=O)O)c1. The van der Waals surface area contributed by atoms with Gasteiger partial charge in [0, 0.05) is 18.7 Å². The molecule has 1 aliphatic carbocycles. The molecule has 0 radical (unpaired) electrons. The fraction of sp³-hybridized carbons (Fsp3) is 0.357. The van der Waals surface area contributed by atoms with Gasteiger partial charge in [0.2, 0.25) is 5.91 Å². The zero-order valence-electron chi connectivity index (χ0n) is 11.8. The molecular weight excluding hydrogens is 274 g/mol. The van der Waals surface area contributed by atoms with Crippen molar-refractivity contribution in [1.82, 2.24) is 5.32 Å². The number of benzene rings is 1. The summed E-state index contributed by atoms with van der Waals surface area (Å²) >= 11 is 0. The van der Waals surface area contributed by atoms with Crippen molar-refractivity contribution in [1.29, 1.82) is 0 Å². The summed E-state index contributed by atoms with van der Waals surface area (Å²) in [7, 11) is 0. The molecular formula is C14H17N3O4. The van der Waals surface area contributed by atoms with Crippen molar-refractivity contribution in [3.63, 3.8) is 0 Å². The third kappa shape index (κ3) is 3.95. The Labute approximate surface area is 121 Å². The molecule has 0 saturated heterocycles. The van der Waals surface area contributed by atoms with Gasteiger partial charge in [0.25, 0.3) is 0 Å². The first-order valence-corrected chi connectivity index (χ1v) is 6.59. The lowest BCUT2D eigenvalue weighted by Crippen LogP contribution is -2.31. The van der Waals surface area contributed by atoms with Crippen molar-refractivity contribution in [3.8, 4) is 0 Å². The van der Waals surface area contributed by atoms with Crippen LogP contribution in [0.15, 0.2) is 18.2 Å². The molecule has 2 atom stereocenters. The molecule has 7 nitrogen and oxygen atoms in total. The normalized spacial score (nSPS) is 19.5. The molecule has 2 rings (SSSR count). The Morgan fingerprint density at radius 2 is 1.90 bits per heavy atom. The molecule has 3 amide bonds. The van der Waals surface area contributed by atoms with Crippen molar-refractivity contribution >= 4 is 29.3 Å². The minimum Gasteiger partial charge on any atom is -0.478 e. The van der Waals surface area contributed by atoms with Gasteiger partial charge in [0.05, 0.1) is 11.3 Å². The maximum atomic E-state index is 11.8. The van der Waals surface area contributed by atoms with E-state index >= 15 is 0 Å². The van der Waals surface area contributed by atoms with Gasteiger partial charge in [-0.1, -0.05) is 6.92 Å². The van der Waals surface area contributed by atoms with Crippen LogP contribution in [0.4, 0.5) is 16.2 Å². The van der Waals surface area contributed by atoms with E-state index in [9.17, 15) is 19.5 Å². The van der Waals surface area contributed by atoms with Gasteiger partial charge in [-0.05, 0) is 30.5 Å². The number of carbonyl (C=O) groups excluding carboxylic acids is 2. The summed E-state index contributed by atoms with van der Waals surface area (Å²) in [5, 5.41) is 17.0. The lowest BCUT2D eigenvalue weighted by molar-refractivity contribution is -0.114. The lowest BCUT2D eigenvalue weighted by atomic mass is 10.1. The number of carboxylic acids is 1. The summed E-state index contributed by atoms with van der Waals surface area (Å²) < 4.78 is 0. The highest BCUT2D eigenvalue weighted by atomic mass is 16.4. The molecule has 4 N–H and O–H groups in total. The predicted molar refractivity (Wildman–Crippen MR) is 77.4 cm³/mol. The summed E-state index contributed by atoms with van der Waals surface area (Å²) in [5.74, 6) is -1.03. The van der Waals surface area contributed by atoms with Crippen LogP contribution in [0.1, 0.15) is 30.6 Å². The number of urea groups is 1. The zero-order chi connectivity index (χ0) is 15.6. The third-order valence-corrected chi connectivity index (χ3v) is 3.24. The van der Waals surface area contributed by atoms with Crippen LogP contribution in [0.2, 0.25) is 0 Å². The van der Waals surface area contributed by atoms with E-state index < -0.39 is 12.0 Å². The number of anilines is 2. The molecule has 1 aromatic rings. The van der Waals surface area contributed by atoms with E-state index in [-0.39, 0.29) is 23.2 Å². The summed E-state index contributed by atoms with van der Waals surface area (Å²) in [4.78, 5) is 34.0. The molecule has 0 bridgehead atoms. The highest BCUT2D eigenvalue weighted by Crippen LogP contribution is 2.29. The molecule has 1 aliphatic rings. The molecule has 1 saturated carbocycles. The molecule has 2 unspecified atom stereocenters. The minimum atomic E-state index is -1.18. The van der Waals surface area contributed by atoms with Gasteiger partial charge in [-0.25, -0.2) is 9.59 Å². The summed E-state index contributed by atoms with van der Waals surface area (Å²) in [5.41, 5.74) is 0.462. The Kier molecular flexibility index (Phi) is 4.11. The highest BCUT2D eigenvalue weighted by Gasteiger charge is 2.33. The Balaban J connectivity index is 2.12. The molecule has 0 heterocycles. The van der Waals surface area contributed by atoms with Crippen molar-refractivity contribution in [2.24, 2.45) is 5.92 Å². The van der Waals surface area contributed by atoms with Crippen LogP contribution >= 0.6 is 0 Å². The van der Waals surface area contributed by atoms with E-state index in [1.165, 1.54) is 25.1 Å². The monoisotopic (exact) mass is 291 g/mol. The predicted octanol–water partition coefficient (Wildman–Crippen LogP) is 1.87. The number of aromatic carboxylic acids is 1. The van der Waals surface area contributed by atoms with Gasteiger partial charge in [-0.15, -0.1) is 0 Å². The standard InChI is InChI=1S/C14H17N3O4/c1-7-5-12(7)17-14(21)16-11-4-3-9(15-8(2)18)6-10(11)13(19)20/h3-4,6-7,12H,5H2,1-2H3,(H,15,18)(H,19,20)(H2,16,17,21). The number of rotatable bonds is 4. The maximum absolute atomic E-state index is 11.8. The first-order chi connectivity index (χ1) is 9.86. The van der Waals surface area contributed by atoms with Crippen LogP contribution < -0.4 is 16.0 Å². The van der Waals surface area contributed by atoms with E-state index in [1.807, 2.05) is 6.92 Å². The highest BCUT2D eigenvalue weighted by molar-refractivity contribution is 6.02. The number of carbonyl (C=O) groups is 3. The van der Waals surface area contributed by atoms with E-state index in [4.69, 9.17) is 0 Å². The maximum Gasteiger partial charge on any atom is 0.337 e. The molecule has 21 heavy (non-hydrogen) atoms. The smallest absolute Gasteiger partial charge is 0.337 e. The van der Waals surface area contributed by atoms with Crippen LogP contribution in [0.25, 0.3) is 0 Å². The number of amides is 3. The van der Waals surface area contributed by atoms with Crippen LogP contribution in [-0.4, -0.2) is 29.1 Å². The quantitative estimate of drug-likeness (QED) is 0.679. The van der Waals surface area contributed by atoms with Gasteiger partial charge < -0.3 is 21.1 Å². The Morgan fingerprint density at radius 3 is 2.43 bits per heavy atom. The summed E-state index contributed by atoms with van der Waals surface area (Å²) in [6.45, 7) is 3.35. The Bertz CT molecular complexity index is 600. The van der Waals surface area contributed by atoms with Gasteiger partial charge in [0.15, 0.2) is 0 Å². The number of hydrogen-bond acceptors (Lipinski definition) is 3. The number of hydrogen-bond donors (Lipinski definition) is 4. The Morgan fingerprint density at radius 1 is 1.24 bits per heavy atom. The second-order valence-corrected chi connectivity index (χ2v) is 5.16. The molecule has 1 fully saturated rings. The largest absolute Gasteiger partial charge is 0.478 e. The zero-order valence-corrected chi connectivity index (χ0v) is 11.8. The van der Waals surface area contributed by atoms with E-state index in [2.05, 4.69) is 16.0 Å². The molecule has 112 valence electrons. The topological polar surface area (TPSA) is 108 Å². The molecule has 0 spiro atoms. The van der Waals surface area contributed by atoms with Crippen molar-refractivity contribution in [2.75, 3.05) is 10.6 Å². The lowest BCUT2D eigenvalue weighted by Gasteiger charge is -2.11. The fourth-order valence-corrected chi connectivity index (χ4v) is 1.96. The molecule has 0 aromatic heterocycles. The van der Waals surface area contributed by atoms with Crippen LogP contribution in [0.5, 0.6) is 0 Å². The van der Waals surface area contributed by atoms with Gasteiger partial charge in [-0.2, -0.15) is 0 Å². The average Bonchev–Trinajstić information content (AvgIpc) is 3.05. The third-order valence-electron chi connectivity index (χ3n) is 3.24. The average molecular weight is 291 g/mol. The van der Waals surface area contributed by atoms with E-state index in [0.29, 0.717) is 11.6 Å². The van der Waals surface area contributed by atoms with Gasteiger partial charge in [0.1, 0.15) is 0 Å². The second-order valence-electron chi connectivity index (χ2n) is 5.16. The Hall–Kier alpha value is -2.57. The summed E-state index contributed by atoms with van der Waals surface area (Å²) in [6.07, 6.45) is 0.931. The fourth-order valence-electron chi connectivity index (χ4n) is 1.96. The van der Waals surface area contributed by atoms with Gasteiger partial charge >= 0.3 is 12.0 Å². The van der Waals surface area contributed by atoms with Gasteiger partial charge in [-0.3, -0.25) is 4.79 Å². The first kappa shape index (κ1) is 14.8. The minimum absolute atomic E-state index is 0.0831. The van der Waals surface area contributed by atoms with E-state index in [0.717, 1.165) is 6.42 Å². The van der Waals surface area contributed by atoms with Crippen LogP contribution in [0.3, 0.4) is 0 Å². The number of nitrogens with one attached hydrogen (secondary N) is 3. The molecule has 7 heteroatoms. The van der Waals surface area contributed by atoms with E-state index in [1.54, 1.807) is 0 Å². The second kappa shape index (κ2) is 5.82.